The lowest BCUT2D eigenvalue weighted by Gasteiger charge is -2.54. The average molecular weight is 608 g/mol. The molecule has 13 heteroatoms. The summed E-state index contributed by atoms with van der Waals surface area (Å²) in [6.45, 7) is 2.25. The normalized spacial score (nSPS) is 24.9. The second-order valence-electron chi connectivity index (χ2n) is 11.8. The Morgan fingerprint density at radius 2 is 1.93 bits per heavy atom. The average Bonchev–Trinajstić information content (AvgIpc) is 3.69. The Hall–Kier alpha value is -3.70. The molecule has 0 saturated carbocycles. The molecule has 8 rings (SSSR count). The summed E-state index contributed by atoms with van der Waals surface area (Å²) in [7, 11) is 1.84. The first-order valence-electron chi connectivity index (χ1n) is 14.3. The maximum atomic E-state index is 17.1. The van der Waals surface area contributed by atoms with Gasteiger partial charge >= 0.3 is 6.01 Å². The summed E-state index contributed by atoms with van der Waals surface area (Å²) >= 11 is 1.16. The van der Waals surface area contributed by atoms with Crippen molar-refractivity contribution < 1.29 is 22.6 Å². The van der Waals surface area contributed by atoms with Gasteiger partial charge in [-0.25, -0.2) is 13.2 Å². The number of benzene rings is 2. The molecule has 0 radical (unpaired) electrons. The highest BCUT2D eigenvalue weighted by atomic mass is 32.1. The van der Waals surface area contributed by atoms with E-state index in [1.165, 1.54) is 6.07 Å². The fourth-order valence-corrected chi connectivity index (χ4v) is 8.18. The molecule has 2 aromatic carbocycles. The van der Waals surface area contributed by atoms with Crippen molar-refractivity contribution in [1.29, 1.82) is 5.26 Å². The van der Waals surface area contributed by atoms with Crippen LogP contribution in [0.15, 0.2) is 12.1 Å². The number of hydrogen-bond donors (Lipinski definition) is 2. The monoisotopic (exact) mass is 607 g/mol. The minimum atomic E-state index is -0.940. The summed E-state index contributed by atoms with van der Waals surface area (Å²) in [4.78, 5) is 13.5. The van der Waals surface area contributed by atoms with Gasteiger partial charge in [-0.05, 0) is 43.1 Å². The van der Waals surface area contributed by atoms with Gasteiger partial charge in [0.1, 0.15) is 41.0 Å². The van der Waals surface area contributed by atoms with Crippen LogP contribution in [0.2, 0.25) is 0 Å². The van der Waals surface area contributed by atoms with Gasteiger partial charge in [-0.15, -0.1) is 11.3 Å². The molecule has 4 atom stereocenters. The smallest absolute Gasteiger partial charge is 0.319 e. The highest BCUT2D eigenvalue weighted by molar-refractivity contribution is 7.23. The molecule has 0 spiro atoms. The third-order valence-corrected chi connectivity index (χ3v) is 10.3. The van der Waals surface area contributed by atoms with E-state index in [1.807, 2.05) is 11.9 Å². The number of halogens is 3. The number of nitrogens with two attached hydrogens (primary N) is 1. The standard InChI is InChI=1S/C30H28F3N7O2S/c1-39-9-13(31)4-16(39)10-42-30-37-27-24(29(38-30)40-14-5-15(40)8-36-7-14)19-12-41-11-18(19)23(26(27)33)25-20(32)2-3-21-22(25)17(6-34)28(35)43-21/h2-3,13-16,36H,4-5,7-12,35H2,1H3/t13-,14?,15?,16+/m1/s1. The number of piperazine rings is 1. The van der Waals surface area contributed by atoms with E-state index in [2.05, 4.69) is 21.3 Å². The number of anilines is 2. The zero-order valence-electron chi connectivity index (χ0n) is 23.3. The Labute approximate surface area is 249 Å². The van der Waals surface area contributed by atoms with Gasteiger partial charge in [-0.2, -0.15) is 15.2 Å². The van der Waals surface area contributed by atoms with E-state index in [0.29, 0.717) is 40.0 Å². The van der Waals surface area contributed by atoms with Crippen molar-refractivity contribution in [3.8, 4) is 23.2 Å². The van der Waals surface area contributed by atoms with Gasteiger partial charge in [0.15, 0.2) is 5.82 Å². The van der Waals surface area contributed by atoms with Crippen LogP contribution in [0.3, 0.4) is 0 Å². The number of nitrogen functional groups attached to an aromatic ring is 1. The Morgan fingerprint density at radius 1 is 1.14 bits per heavy atom. The van der Waals surface area contributed by atoms with E-state index in [0.717, 1.165) is 30.8 Å². The molecule has 2 bridgehead atoms. The molecule has 0 aliphatic carbocycles. The van der Waals surface area contributed by atoms with Crippen LogP contribution in [0, 0.1) is 23.0 Å². The zero-order chi connectivity index (χ0) is 29.6. The maximum absolute atomic E-state index is 17.1. The van der Waals surface area contributed by atoms with Gasteiger partial charge in [-0.1, -0.05) is 0 Å². The molecule has 4 aliphatic rings. The highest BCUT2D eigenvalue weighted by Gasteiger charge is 2.44. The first-order chi connectivity index (χ1) is 20.8. The Morgan fingerprint density at radius 3 is 2.65 bits per heavy atom. The van der Waals surface area contributed by atoms with Crippen LogP contribution in [-0.2, 0) is 18.0 Å². The SMILES string of the molecule is CN1C[C@H](F)C[C@H]1COc1nc(N2C3CNCC2C3)c2c3c(c(-c4c(F)ccc5sc(N)c(C#N)c45)c(F)c2n1)COC3. The van der Waals surface area contributed by atoms with Crippen LogP contribution < -0.4 is 20.7 Å². The van der Waals surface area contributed by atoms with Gasteiger partial charge in [0, 0.05) is 59.0 Å². The van der Waals surface area contributed by atoms with Crippen molar-refractivity contribution in [2.45, 2.75) is 50.4 Å². The van der Waals surface area contributed by atoms with Crippen LogP contribution >= 0.6 is 11.3 Å². The molecule has 222 valence electrons. The molecule has 3 saturated heterocycles. The number of nitrogens with one attached hydrogen (secondary N) is 1. The quantitative estimate of drug-likeness (QED) is 0.344. The fourth-order valence-electron chi connectivity index (χ4n) is 7.25. The number of rotatable bonds is 5. The summed E-state index contributed by atoms with van der Waals surface area (Å²) in [5, 5.41) is 14.3. The highest BCUT2D eigenvalue weighted by Crippen LogP contribution is 2.49. The van der Waals surface area contributed by atoms with E-state index in [9.17, 15) is 9.65 Å². The predicted octanol–water partition coefficient (Wildman–Crippen LogP) is 4.25. The summed E-state index contributed by atoms with van der Waals surface area (Å²) in [5.41, 5.74) is 7.42. The third-order valence-electron chi connectivity index (χ3n) is 9.33. The second-order valence-corrected chi connectivity index (χ2v) is 12.9. The molecule has 43 heavy (non-hydrogen) atoms. The number of piperidine rings is 1. The van der Waals surface area contributed by atoms with Crippen molar-refractivity contribution >= 4 is 43.1 Å². The fraction of sp³-hybridized carbons (Fsp3) is 0.433. The second kappa shape index (κ2) is 9.92. The molecular formula is C30H28F3N7O2S. The van der Waals surface area contributed by atoms with E-state index in [1.54, 1.807) is 6.07 Å². The number of aromatic nitrogens is 2. The molecule has 9 nitrogen and oxygen atoms in total. The molecule has 4 aliphatic heterocycles. The number of alkyl halides is 1. The van der Waals surface area contributed by atoms with E-state index in [-0.39, 0.29) is 76.6 Å². The molecule has 6 heterocycles. The van der Waals surface area contributed by atoms with Crippen LogP contribution in [0.25, 0.3) is 32.1 Å². The van der Waals surface area contributed by atoms with Crippen LogP contribution in [0.1, 0.15) is 29.5 Å². The topological polar surface area (TPSA) is 113 Å². The molecular weight excluding hydrogens is 579 g/mol. The molecule has 2 unspecified atom stereocenters. The van der Waals surface area contributed by atoms with Crippen molar-refractivity contribution in [2.24, 2.45) is 0 Å². The first-order valence-corrected chi connectivity index (χ1v) is 15.2. The number of thiophene rings is 1. The van der Waals surface area contributed by atoms with Crippen LogP contribution in [0.4, 0.5) is 24.0 Å². The number of likely N-dealkylation sites (tertiary alicyclic amines) is 1. The zero-order valence-corrected chi connectivity index (χ0v) is 24.1. The van der Waals surface area contributed by atoms with Gasteiger partial charge in [0.2, 0.25) is 0 Å². The number of hydrogen-bond acceptors (Lipinski definition) is 10. The van der Waals surface area contributed by atoms with E-state index >= 15 is 8.78 Å². The lowest BCUT2D eigenvalue weighted by Crippen LogP contribution is -2.68. The summed E-state index contributed by atoms with van der Waals surface area (Å²) in [5.74, 6) is -0.846. The largest absolute Gasteiger partial charge is 0.462 e. The predicted molar refractivity (Wildman–Crippen MR) is 157 cm³/mol. The Bertz CT molecular complexity index is 1850. The Balaban J connectivity index is 1.36. The third kappa shape index (κ3) is 4.00. The number of likely N-dealkylation sites (N-methyl/N-ethyl adjacent to an activating group) is 1. The molecule has 3 N–H and O–H groups in total. The minimum Gasteiger partial charge on any atom is -0.462 e. The van der Waals surface area contributed by atoms with Crippen LogP contribution in [-0.4, -0.2) is 72.5 Å². The molecule has 3 fully saturated rings. The lowest BCUT2D eigenvalue weighted by molar-refractivity contribution is 0.135. The number of ether oxygens (including phenoxy) is 2. The summed E-state index contributed by atoms with van der Waals surface area (Å²) in [6, 6.07) is 5.07. The lowest BCUT2D eigenvalue weighted by atomic mass is 9.86. The number of nitriles is 1. The molecule has 4 aromatic rings. The van der Waals surface area contributed by atoms with Gasteiger partial charge in [-0.3, -0.25) is 4.90 Å². The van der Waals surface area contributed by atoms with Crippen molar-refractivity contribution in [1.82, 2.24) is 20.2 Å². The van der Waals surface area contributed by atoms with Crippen molar-refractivity contribution in [3.05, 3.63) is 40.5 Å². The van der Waals surface area contributed by atoms with Gasteiger partial charge in [0.25, 0.3) is 0 Å². The summed E-state index contributed by atoms with van der Waals surface area (Å²) in [6.07, 6.45) is 0.378. The minimum absolute atomic E-state index is 0.00144. The van der Waals surface area contributed by atoms with Gasteiger partial charge < -0.3 is 25.4 Å². The number of nitrogens with zero attached hydrogens (tertiary/aromatic N) is 5. The molecule has 2 aromatic heterocycles. The van der Waals surface area contributed by atoms with Crippen molar-refractivity contribution in [3.63, 3.8) is 0 Å². The number of fused-ring (bicyclic) bond motifs is 6. The molecule has 0 amide bonds. The van der Waals surface area contributed by atoms with Gasteiger partial charge in [0.05, 0.1) is 24.2 Å². The van der Waals surface area contributed by atoms with E-state index in [4.69, 9.17) is 20.2 Å². The Kier molecular flexibility index (Phi) is 6.20. The van der Waals surface area contributed by atoms with Crippen molar-refractivity contribution in [2.75, 3.05) is 43.9 Å². The summed E-state index contributed by atoms with van der Waals surface area (Å²) < 4.78 is 59.4. The van der Waals surface area contributed by atoms with Crippen LogP contribution in [0.5, 0.6) is 6.01 Å². The maximum Gasteiger partial charge on any atom is 0.319 e. The van der Waals surface area contributed by atoms with E-state index < -0.39 is 17.8 Å². The first kappa shape index (κ1) is 26.9.